The molecule has 7 nitrogen and oxygen atoms in total. The summed E-state index contributed by atoms with van der Waals surface area (Å²) in [5.41, 5.74) is 0.749. The van der Waals surface area contributed by atoms with E-state index in [1.54, 1.807) is 36.4 Å². The Labute approximate surface area is 177 Å². The van der Waals surface area contributed by atoms with Crippen molar-refractivity contribution >= 4 is 40.7 Å². The molecule has 1 aromatic heterocycles. The largest absolute Gasteiger partial charge is 0.481 e. The van der Waals surface area contributed by atoms with Crippen LogP contribution >= 0.6 is 23.8 Å². The van der Waals surface area contributed by atoms with Crippen molar-refractivity contribution in [3.8, 4) is 11.6 Å². The van der Waals surface area contributed by atoms with Gasteiger partial charge >= 0.3 is 5.97 Å². The molecule has 3 N–H and O–H groups in total. The topological polar surface area (TPSA) is 96.4 Å². The standard InChI is InChI=1S/C20H17ClN4O3S/c21-14-8-6-13(7-9-14)16(12-19(26)27)22-20(29)23-17-10-11-18(25-24-17)28-15-4-2-1-3-5-15/h1-11,16H,12H2,(H,26,27)(H2,22,23,24,29)/t16-/m1/s1. The van der Waals surface area contributed by atoms with Crippen LogP contribution in [0.5, 0.6) is 11.6 Å². The maximum absolute atomic E-state index is 11.2. The maximum Gasteiger partial charge on any atom is 0.305 e. The number of carboxylic acids is 1. The fourth-order valence-electron chi connectivity index (χ4n) is 2.48. The lowest BCUT2D eigenvalue weighted by Gasteiger charge is -2.19. The molecule has 0 fully saturated rings. The number of hydrogen-bond acceptors (Lipinski definition) is 5. The van der Waals surface area contributed by atoms with Gasteiger partial charge in [-0.3, -0.25) is 4.79 Å². The minimum Gasteiger partial charge on any atom is -0.481 e. The van der Waals surface area contributed by atoms with Gasteiger partial charge in [0, 0.05) is 11.1 Å². The van der Waals surface area contributed by atoms with E-state index in [1.807, 2.05) is 30.3 Å². The zero-order valence-electron chi connectivity index (χ0n) is 15.1. The lowest BCUT2D eigenvalue weighted by Crippen LogP contribution is -2.33. The molecule has 1 heterocycles. The number of hydrogen-bond donors (Lipinski definition) is 3. The third-order valence-corrected chi connectivity index (χ3v) is 4.28. The summed E-state index contributed by atoms with van der Waals surface area (Å²) < 4.78 is 5.59. The first kappa shape index (κ1) is 20.5. The lowest BCUT2D eigenvalue weighted by molar-refractivity contribution is -0.137. The van der Waals surface area contributed by atoms with E-state index in [-0.39, 0.29) is 11.5 Å². The van der Waals surface area contributed by atoms with Crippen molar-refractivity contribution in [2.45, 2.75) is 12.5 Å². The molecule has 0 amide bonds. The van der Waals surface area contributed by atoms with Gasteiger partial charge < -0.3 is 20.5 Å². The van der Waals surface area contributed by atoms with E-state index < -0.39 is 12.0 Å². The van der Waals surface area contributed by atoms with Crippen molar-refractivity contribution in [2.75, 3.05) is 5.32 Å². The first-order chi connectivity index (χ1) is 14.0. The Morgan fingerprint density at radius 1 is 1.07 bits per heavy atom. The number of nitrogens with zero attached hydrogens (tertiary/aromatic N) is 2. The van der Waals surface area contributed by atoms with Crippen molar-refractivity contribution in [3.63, 3.8) is 0 Å². The number of carbonyl (C=O) groups is 1. The van der Waals surface area contributed by atoms with Crippen LogP contribution < -0.4 is 15.4 Å². The fraction of sp³-hybridized carbons (Fsp3) is 0.100. The lowest BCUT2D eigenvalue weighted by atomic mass is 10.0. The van der Waals surface area contributed by atoms with Crippen LogP contribution in [0.1, 0.15) is 18.0 Å². The third kappa shape index (κ3) is 6.41. The predicted molar refractivity (Wildman–Crippen MR) is 114 cm³/mol. The molecule has 29 heavy (non-hydrogen) atoms. The average Bonchev–Trinajstić information content (AvgIpc) is 2.70. The summed E-state index contributed by atoms with van der Waals surface area (Å²) in [6.45, 7) is 0. The van der Waals surface area contributed by atoms with E-state index >= 15 is 0 Å². The normalized spacial score (nSPS) is 11.3. The highest BCUT2D eigenvalue weighted by Gasteiger charge is 2.17. The Morgan fingerprint density at radius 3 is 2.41 bits per heavy atom. The second-order valence-electron chi connectivity index (χ2n) is 5.97. The molecule has 0 aliphatic rings. The van der Waals surface area contributed by atoms with Crippen molar-refractivity contribution in [2.24, 2.45) is 0 Å². The number of aliphatic carboxylic acids is 1. The third-order valence-electron chi connectivity index (χ3n) is 3.80. The van der Waals surface area contributed by atoms with E-state index in [4.69, 9.17) is 28.6 Å². The Bertz CT molecular complexity index is 969. The molecule has 3 aromatic rings. The predicted octanol–water partition coefficient (Wildman–Crippen LogP) is 4.42. The second-order valence-corrected chi connectivity index (χ2v) is 6.82. The molecule has 0 unspecified atom stereocenters. The quantitative estimate of drug-likeness (QED) is 0.476. The van der Waals surface area contributed by atoms with Crippen molar-refractivity contribution in [3.05, 3.63) is 77.3 Å². The summed E-state index contributed by atoms with van der Waals surface area (Å²) in [4.78, 5) is 11.2. The van der Waals surface area contributed by atoms with E-state index in [0.717, 1.165) is 5.56 Å². The number of thiocarbonyl (C=S) groups is 1. The summed E-state index contributed by atoms with van der Waals surface area (Å²) in [7, 11) is 0. The van der Waals surface area contributed by atoms with E-state index in [0.29, 0.717) is 22.5 Å². The van der Waals surface area contributed by atoms with Gasteiger partial charge in [0.05, 0.1) is 12.5 Å². The molecule has 0 bridgehead atoms. The van der Waals surface area contributed by atoms with Gasteiger partial charge in [-0.25, -0.2) is 0 Å². The Balaban J connectivity index is 1.62. The van der Waals surface area contributed by atoms with E-state index in [9.17, 15) is 9.90 Å². The number of aromatic nitrogens is 2. The minimum absolute atomic E-state index is 0.154. The number of benzene rings is 2. The zero-order chi connectivity index (χ0) is 20.6. The van der Waals surface area contributed by atoms with Crippen LogP contribution in [-0.4, -0.2) is 26.4 Å². The zero-order valence-corrected chi connectivity index (χ0v) is 16.7. The molecule has 1 atom stereocenters. The highest BCUT2D eigenvalue weighted by Crippen LogP contribution is 2.21. The molecule has 0 saturated heterocycles. The summed E-state index contributed by atoms with van der Waals surface area (Å²) in [6.07, 6.45) is -0.154. The molecule has 9 heteroatoms. The molecular weight excluding hydrogens is 412 g/mol. The van der Waals surface area contributed by atoms with Gasteiger partial charge in [0.1, 0.15) is 5.75 Å². The molecule has 0 spiro atoms. The first-order valence-electron chi connectivity index (χ1n) is 8.61. The summed E-state index contributed by atoms with van der Waals surface area (Å²) >= 11 is 11.2. The minimum atomic E-state index is -0.956. The van der Waals surface area contributed by atoms with Crippen molar-refractivity contribution in [1.29, 1.82) is 0 Å². The highest BCUT2D eigenvalue weighted by atomic mass is 35.5. The molecule has 148 valence electrons. The SMILES string of the molecule is O=C(O)C[C@@H](NC(=S)Nc1ccc(Oc2ccccc2)nn1)c1ccc(Cl)cc1. The van der Waals surface area contributed by atoms with Gasteiger partial charge in [-0.15, -0.1) is 10.2 Å². The highest BCUT2D eigenvalue weighted by molar-refractivity contribution is 7.80. The molecule has 0 radical (unpaired) electrons. The number of anilines is 1. The van der Waals surface area contributed by atoms with Crippen LogP contribution in [0.25, 0.3) is 0 Å². The smallest absolute Gasteiger partial charge is 0.305 e. The Morgan fingerprint density at radius 2 is 1.79 bits per heavy atom. The van der Waals surface area contributed by atoms with Crippen LogP contribution in [0.15, 0.2) is 66.7 Å². The monoisotopic (exact) mass is 428 g/mol. The molecule has 0 saturated carbocycles. The molecule has 3 rings (SSSR count). The van der Waals surface area contributed by atoms with Gasteiger partial charge in [-0.2, -0.15) is 0 Å². The Kier molecular flexibility index (Phi) is 6.94. The first-order valence-corrected chi connectivity index (χ1v) is 9.39. The van der Waals surface area contributed by atoms with Crippen LogP contribution in [0.3, 0.4) is 0 Å². The number of nitrogens with one attached hydrogen (secondary N) is 2. The van der Waals surface area contributed by atoms with Crippen LogP contribution in [0.4, 0.5) is 5.82 Å². The van der Waals surface area contributed by atoms with Crippen molar-refractivity contribution in [1.82, 2.24) is 15.5 Å². The molecule has 0 aliphatic heterocycles. The van der Waals surface area contributed by atoms with Gasteiger partial charge in [0.25, 0.3) is 0 Å². The number of ether oxygens (including phenoxy) is 1. The average molecular weight is 429 g/mol. The summed E-state index contributed by atoms with van der Waals surface area (Å²) in [5.74, 6) is 0.431. The number of rotatable bonds is 7. The second kappa shape index (κ2) is 9.81. The van der Waals surface area contributed by atoms with Gasteiger partial charge in [-0.05, 0) is 48.1 Å². The van der Waals surface area contributed by atoms with E-state index in [2.05, 4.69) is 20.8 Å². The molecular formula is C20H17ClN4O3S. The molecule has 2 aromatic carbocycles. The number of carboxylic acid groups (broad SMARTS) is 1. The number of para-hydroxylation sites is 1. The Hall–Kier alpha value is -3.23. The van der Waals surface area contributed by atoms with Crippen LogP contribution in [-0.2, 0) is 4.79 Å². The maximum atomic E-state index is 11.2. The van der Waals surface area contributed by atoms with Crippen molar-refractivity contribution < 1.29 is 14.6 Å². The van der Waals surface area contributed by atoms with Crippen LogP contribution in [0.2, 0.25) is 5.02 Å². The van der Waals surface area contributed by atoms with Gasteiger partial charge in [-0.1, -0.05) is 41.9 Å². The van der Waals surface area contributed by atoms with Gasteiger partial charge in [0.2, 0.25) is 5.88 Å². The van der Waals surface area contributed by atoms with Gasteiger partial charge in [0.15, 0.2) is 10.9 Å². The van der Waals surface area contributed by atoms with Crippen LogP contribution in [0, 0.1) is 0 Å². The summed E-state index contributed by atoms with van der Waals surface area (Å²) in [6, 6.07) is 18.9. The summed E-state index contributed by atoms with van der Waals surface area (Å²) in [5, 5.41) is 23.9. The molecule has 0 aliphatic carbocycles. The fourth-order valence-corrected chi connectivity index (χ4v) is 2.86. The number of halogens is 1. The van der Waals surface area contributed by atoms with E-state index in [1.165, 1.54) is 0 Å².